The number of hydrazone groups is 1. The number of esters is 1. The highest BCUT2D eigenvalue weighted by atomic mass is 79.9. The molecule has 0 saturated carbocycles. The van der Waals surface area contributed by atoms with Crippen molar-refractivity contribution in [3.05, 3.63) is 69.8 Å². The average Bonchev–Trinajstić information content (AvgIpc) is 2.94. The van der Waals surface area contributed by atoms with E-state index in [0.29, 0.717) is 16.6 Å². The number of halogens is 1. The van der Waals surface area contributed by atoms with Crippen molar-refractivity contribution in [3.63, 3.8) is 0 Å². The van der Waals surface area contributed by atoms with Gasteiger partial charge in [0.25, 0.3) is 5.91 Å². The molecular formula is C21H20BrN3O3. The zero-order valence-electron chi connectivity index (χ0n) is 15.6. The van der Waals surface area contributed by atoms with Crippen molar-refractivity contribution in [2.24, 2.45) is 5.10 Å². The molecule has 6 nitrogen and oxygen atoms in total. The summed E-state index contributed by atoms with van der Waals surface area (Å²) in [5.74, 6) is -0.603. The van der Waals surface area contributed by atoms with Gasteiger partial charge in [-0.3, -0.25) is 9.59 Å². The molecule has 0 saturated heterocycles. The minimum absolute atomic E-state index is 0.122. The van der Waals surface area contributed by atoms with Crippen LogP contribution in [0.2, 0.25) is 0 Å². The summed E-state index contributed by atoms with van der Waals surface area (Å²) in [5.41, 5.74) is 5.67. The molecule has 3 aromatic rings. The van der Waals surface area contributed by atoms with Crippen molar-refractivity contribution in [2.75, 3.05) is 6.61 Å². The molecular weight excluding hydrogens is 422 g/mol. The Balaban J connectivity index is 1.88. The molecule has 0 spiro atoms. The summed E-state index contributed by atoms with van der Waals surface area (Å²) in [6, 6.07) is 14.9. The van der Waals surface area contributed by atoms with Crippen molar-refractivity contribution in [1.29, 1.82) is 0 Å². The lowest BCUT2D eigenvalue weighted by Crippen LogP contribution is -2.18. The highest BCUT2D eigenvalue weighted by molar-refractivity contribution is 9.10. The van der Waals surface area contributed by atoms with E-state index in [4.69, 9.17) is 4.74 Å². The average molecular weight is 442 g/mol. The Bertz CT molecular complexity index is 1060. The van der Waals surface area contributed by atoms with E-state index in [2.05, 4.69) is 26.5 Å². The Morgan fingerprint density at radius 3 is 2.64 bits per heavy atom. The molecule has 7 heteroatoms. The van der Waals surface area contributed by atoms with E-state index in [1.165, 1.54) is 0 Å². The standard InChI is InChI=1S/C21H20BrN3O3/c1-3-28-20(26)13-25-14(2)17(15-8-5-7-11-19(15)25)12-23-24-21(27)16-9-4-6-10-18(16)22/h4-12H,3,13H2,1-2H3,(H,24,27)/b23-12+. The van der Waals surface area contributed by atoms with Crippen LogP contribution < -0.4 is 5.43 Å². The van der Waals surface area contributed by atoms with Gasteiger partial charge in [0.1, 0.15) is 6.54 Å². The monoisotopic (exact) mass is 441 g/mol. The Morgan fingerprint density at radius 2 is 1.89 bits per heavy atom. The topological polar surface area (TPSA) is 72.7 Å². The van der Waals surface area contributed by atoms with E-state index < -0.39 is 0 Å². The molecule has 0 aliphatic carbocycles. The fourth-order valence-electron chi connectivity index (χ4n) is 3.02. The summed E-state index contributed by atoms with van der Waals surface area (Å²) >= 11 is 3.36. The van der Waals surface area contributed by atoms with Gasteiger partial charge in [-0.2, -0.15) is 5.10 Å². The SMILES string of the molecule is CCOC(=O)Cn1c(C)c(/C=N/NC(=O)c2ccccc2Br)c2ccccc21. The van der Waals surface area contributed by atoms with Crippen molar-refractivity contribution in [1.82, 2.24) is 9.99 Å². The van der Waals surface area contributed by atoms with Crippen LogP contribution in [0, 0.1) is 6.92 Å². The molecule has 1 aromatic heterocycles. The molecule has 3 rings (SSSR count). The van der Waals surface area contributed by atoms with Crippen LogP contribution in [0.5, 0.6) is 0 Å². The van der Waals surface area contributed by atoms with Crippen LogP contribution in [0.25, 0.3) is 10.9 Å². The summed E-state index contributed by atoms with van der Waals surface area (Å²) < 4.78 is 7.67. The number of aromatic nitrogens is 1. The number of benzene rings is 2. The van der Waals surface area contributed by atoms with Gasteiger partial charge in [0.15, 0.2) is 0 Å². The lowest BCUT2D eigenvalue weighted by molar-refractivity contribution is -0.143. The number of amides is 1. The summed E-state index contributed by atoms with van der Waals surface area (Å²) in [6.07, 6.45) is 1.61. The van der Waals surface area contributed by atoms with Gasteiger partial charge in [0.2, 0.25) is 0 Å². The zero-order valence-corrected chi connectivity index (χ0v) is 17.2. The van der Waals surface area contributed by atoms with Crippen LogP contribution in [0.1, 0.15) is 28.5 Å². The maximum atomic E-state index is 12.3. The number of fused-ring (bicyclic) bond motifs is 1. The zero-order chi connectivity index (χ0) is 20.1. The molecule has 0 radical (unpaired) electrons. The number of carbonyl (C=O) groups excluding carboxylic acids is 2. The highest BCUT2D eigenvalue weighted by Gasteiger charge is 2.15. The van der Waals surface area contributed by atoms with Crippen LogP contribution in [0.3, 0.4) is 0 Å². The maximum absolute atomic E-state index is 12.3. The van der Waals surface area contributed by atoms with Gasteiger partial charge >= 0.3 is 5.97 Å². The Labute approximate surface area is 171 Å². The Morgan fingerprint density at radius 1 is 1.18 bits per heavy atom. The van der Waals surface area contributed by atoms with Gasteiger partial charge in [-0.25, -0.2) is 5.43 Å². The lowest BCUT2D eigenvalue weighted by atomic mass is 10.1. The molecule has 0 unspecified atom stereocenters. The number of carbonyl (C=O) groups is 2. The smallest absolute Gasteiger partial charge is 0.325 e. The first-order valence-corrected chi connectivity index (χ1v) is 9.63. The summed E-state index contributed by atoms with van der Waals surface area (Å²) in [5, 5.41) is 5.07. The van der Waals surface area contributed by atoms with Crippen molar-refractivity contribution >= 4 is 44.9 Å². The number of para-hydroxylation sites is 1. The molecule has 1 heterocycles. The molecule has 144 valence electrons. The molecule has 0 aliphatic rings. The van der Waals surface area contributed by atoms with Crippen LogP contribution in [0.15, 0.2) is 58.1 Å². The minimum Gasteiger partial charge on any atom is -0.465 e. The molecule has 0 aliphatic heterocycles. The fraction of sp³-hybridized carbons (Fsp3) is 0.190. The van der Waals surface area contributed by atoms with Crippen LogP contribution >= 0.6 is 15.9 Å². The summed E-state index contributed by atoms with van der Waals surface area (Å²) in [4.78, 5) is 24.3. The fourth-order valence-corrected chi connectivity index (χ4v) is 3.49. The van der Waals surface area contributed by atoms with Crippen molar-refractivity contribution in [3.8, 4) is 0 Å². The van der Waals surface area contributed by atoms with Crippen molar-refractivity contribution in [2.45, 2.75) is 20.4 Å². The second-order valence-corrected chi connectivity index (χ2v) is 6.94. The lowest BCUT2D eigenvalue weighted by Gasteiger charge is -2.07. The van der Waals surface area contributed by atoms with E-state index in [-0.39, 0.29) is 18.4 Å². The number of ether oxygens (including phenoxy) is 1. The first-order valence-electron chi connectivity index (χ1n) is 8.84. The maximum Gasteiger partial charge on any atom is 0.325 e. The van der Waals surface area contributed by atoms with E-state index >= 15 is 0 Å². The van der Waals surface area contributed by atoms with E-state index in [9.17, 15) is 9.59 Å². The first-order chi connectivity index (χ1) is 13.5. The van der Waals surface area contributed by atoms with Crippen LogP contribution in [0.4, 0.5) is 0 Å². The number of rotatable bonds is 6. The third kappa shape index (κ3) is 4.14. The molecule has 28 heavy (non-hydrogen) atoms. The molecule has 0 bridgehead atoms. The van der Waals surface area contributed by atoms with Crippen LogP contribution in [-0.4, -0.2) is 29.3 Å². The molecule has 1 amide bonds. The number of nitrogens with one attached hydrogen (secondary N) is 1. The normalized spacial score (nSPS) is 11.1. The number of nitrogens with zero attached hydrogens (tertiary/aromatic N) is 2. The third-order valence-electron chi connectivity index (χ3n) is 4.35. The molecule has 1 N–H and O–H groups in total. The largest absolute Gasteiger partial charge is 0.465 e. The Kier molecular flexibility index (Phi) is 6.26. The molecule has 0 fully saturated rings. The van der Waals surface area contributed by atoms with Gasteiger partial charge in [0, 0.05) is 26.6 Å². The predicted octanol–water partition coefficient (Wildman–Crippen LogP) is 4.04. The second-order valence-electron chi connectivity index (χ2n) is 6.09. The van der Waals surface area contributed by atoms with Gasteiger partial charge in [-0.15, -0.1) is 0 Å². The number of hydrogen-bond donors (Lipinski definition) is 1. The summed E-state index contributed by atoms with van der Waals surface area (Å²) in [6.45, 7) is 4.16. The van der Waals surface area contributed by atoms with E-state index in [1.807, 2.05) is 41.8 Å². The van der Waals surface area contributed by atoms with Gasteiger partial charge in [-0.1, -0.05) is 30.3 Å². The van der Waals surface area contributed by atoms with Gasteiger partial charge in [0.05, 0.1) is 18.4 Å². The predicted molar refractivity (Wildman–Crippen MR) is 113 cm³/mol. The highest BCUT2D eigenvalue weighted by Crippen LogP contribution is 2.24. The number of hydrogen-bond acceptors (Lipinski definition) is 4. The summed E-state index contributed by atoms with van der Waals surface area (Å²) in [7, 11) is 0. The Hall–Kier alpha value is -2.93. The minimum atomic E-state index is -0.309. The molecule has 2 aromatic carbocycles. The van der Waals surface area contributed by atoms with Gasteiger partial charge in [-0.05, 0) is 48.0 Å². The third-order valence-corrected chi connectivity index (χ3v) is 5.04. The first kappa shape index (κ1) is 19.8. The van der Waals surface area contributed by atoms with E-state index in [0.717, 1.165) is 22.2 Å². The quantitative estimate of drug-likeness (QED) is 0.356. The molecule has 0 atom stereocenters. The van der Waals surface area contributed by atoms with Crippen molar-refractivity contribution < 1.29 is 14.3 Å². The van der Waals surface area contributed by atoms with Gasteiger partial charge < -0.3 is 9.30 Å². The second kappa shape index (κ2) is 8.84. The van der Waals surface area contributed by atoms with E-state index in [1.54, 1.807) is 31.3 Å². The van der Waals surface area contributed by atoms with Crippen LogP contribution in [-0.2, 0) is 16.1 Å².